The highest BCUT2D eigenvalue weighted by Gasteiger charge is 2.44. The molecule has 0 N–H and O–H groups in total. The summed E-state index contributed by atoms with van der Waals surface area (Å²) in [6.07, 6.45) is -0.779. The van der Waals surface area contributed by atoms with Crippen molar-refractivity contribution >= 4 is 38.9 Å². The van der Waals surface area contributed by atoms with E-state index < -0.39 is 38.2 Å². The number of aromatic nitrogens is 1. The number of methoxy groups -OCH3 is 2. The number of rotatable bonds is 20. The highest BCUT2D eigenvalue weighted by molar-refractivity contribution is 7.26. The van der Waals surface area contributed by atoms with E-state index >= 15 is 0 Å². The van der Waals surface area contributed by atoms with Crippen molar-refractivity contribution in [1.29, 1.82) is 5.26 Å². The molecule has 2 unspecified atom stereocenters. The lowest BCUT2D eigenvalue weighted by atomic mass is 9.80. The maximum Gasteiger partial charge on any atom is 0.155 e. The molecule has 9 nitrogen and oxygen atoms in total. The van der Waals surface area contributed by atoms with Crippen LogP contribution in [0, 0.1) is 22.8 Å². The van der Waals surface area contributed by atoms with E-state index in [1.807, 2.05) is 42.5 Å². The maximum atomic E-state index is 10.2. The van der Waals surface area contributed by atoms with Gasteiger partial charge in [0.15, 0.2) is 9.03 Å². The quantitative estimate of drug-likeness (QED) is 0.0246. The molecule has 0 spiro atoms. The van der Waals surface area contributed by atoms with Crippen LogP contribution in [0.1, 0.15) is 104 Å². The normalized spacial score (nSPS) is 17.3. The molecular formula is C58H72N3O6PSi. The van der Waals surface area contributed by atoms with Crippen molar-refractivity contribution in [3.05, 3.63) is 144 Å². The van der Waals surface area contributed by atoms with E-state index in [4.69, 9.17) is 28.0 Å². The molecular weight excluding hydrogens is 894 g/mol. The number of ether oxygens (including phenoxy) is 4. The molecule has 5 aromatic carbocycles. The summed E-state index contributed by atoms with van der Waals surface area (Å²) in [6.45, 7) is 23.0. The molecule has 69 heavy (non-hydrogen) atoms. The first-order valence-corrected chi connectivity index (χ1v) is 27.6. The largest absolute Gasteiger partial charge is 0.497 e. The summed E-state index contributed by atoms with van der Waals surface area (Å²) >= 11 is 0. The van der Waals surface area contributed by atoms with Crippen LogP contribution in [0.3, 0.4) is 0 Å². The topological polar surface area (TPSA) is 87.3 Å². The number of fused-ring (bicyclic) bond motifs is 3. The molecule has 0 saturated carbocycles. The summed E-state index contributed by atoms with van der Waals surface area (Å²) in [5, 5.41) is 12.5. The highest BCUT2D eigenvalue weighted by Crippen LogP contribution is 2.46. The van der Waals surface area contributed by atoms with Crippen molar-refractivity contribution < 1.29 is 28.0 Å². The second kappa shape index (κ2) is 22.8. The summed E-state index contributed by atoms with van der Waals surface area (Å²) in [7, 11) is 1.07. The third-order valence-corrected chi connectivity index (χ3v) is 21.3. The molecule has 5 atom stereocenters. The Balaban J connectivity index is 1.28. The molecule has 7 rings (SSSR count). The van der Waals surface area contributed by atoms with Crippen LogP contribution >= 0.6 is 9.03 Å². The number of hydrogen-bond acceptors (Lipinski definition) is 8. The monoisotopic (exact) mass is 965 g/mol. The van der Waals surface area contributed by atoms with Crippen LogP contribution in [0.15, 0.2) is 121 Å². The number of benzene rings is 5. The molecule has 1 aromatic heterocycles. The van der Waals surface area contributed by atoms with Gasteiger partial charge in [-0.15, -0.1) is 5.54 Å². The van der Waals surface area contributed by atoms with Crippen LogP contribution in [-0.2, 0) is 24.1 Å². The minimum absolute atomic E-state index is 0.179. The lowest BCUT2D eigenvalue weighted by Crippen LogP contribution is -2.46. The number of nitriles is 1. The molecule has 0 bridgehead atoms. The zero-order valence-corrected chi connectivity index (χ0v) is 44.7. The van der Waals surface area contributed by atoms with E-state index in [0.717, 1.165) is 55.6 Å². The lowest BCUT2D eigenvalue weighted by molar-refractivity contribution is -0.0891. The SMILES string of the molecule is COc1ccc(C(OC[C@H]2O[C@H](n3c4ccccc4c4cc(C#C[Si](C(C)C)(C(C)C)C(C)C)ccc43)C[C@@H]2OPOCC(C#N)N(C(C)C)C(C)C)(c2ccccc2)c2ccc(OC)cc2)cc1. The molecule has 1 aliphatic rings. The maximum absolute atomic E-state index is 10.2. The molecule has 1 fully saturated rings. The number of para-hydroxylation sites is 1. The Labute approximate surface area is 414 Å². The molecule has 0 amide bonds. The summed E-state index contributed by atoms with van der Waals surface area (Å²) in [4.78, 5) is 2.17. The zero-order valence-electron chi connectivity index (χ0n) is 42.7. The first-order chi connectivity index (χ1) is 33.2. The fourth-order valence-electron chi connectivity index (χ4n) is 11.1. The summed E-state index contributed by atoms with van der Waals surface area (Å²) in [5.74, 6) is 5.20. The molecule has 0 radical (unpaired) electrons. The van der Waals surface area contributed by atoms with E-state index in [9.17, 15) is 5.26 Å². The van der Waals surface area contributed by atoms with Crippen molar-refractivity contribution in [2.24, 2.45) is 0 Å². The second-order valence-corrected chi connectivity index (χ2v) is 26.0. The van der Waals surface area contributed by atoms with Crippen LogP contribution in [0.25, 0.3) is 21.8 Å². The van der Waals surface area contributed by atoms with Crippen molar-refractivity contribution in [2.75, 3.05) is 27.4 Å². The van der Waals surface area contributed by atoms with Crippen LogP contribution in [-0.4, -0.2) is 75.3 Å². The Kier molecular flexibility index (Phi) is 17.1. The van der Waals surface area contributed by atoms with Gasteiger partial charge in [0.25, 0.3) is 0 Å². The average Bonchev–Trinajstić information content (AvgIpc) is 3.90. The van der Waals surface area contributed by atoms with E-state index in [1.165, 1.54) is 0 Å². The van der Waals surface area contributed by atoms with Gasteiger partial charge in [-0.2, -0.15) is 5.26 Å². The van der Waals surface area contributed by atoms with Gasteiger partial charge in [0.05, 0.1) is 50.6 Å². The van der Waals surface area contributed by atoms with Gasteiger partial charge in [-0.1, -0.05) is 120 Å². The third kappa shape index (κ3) is 10.7. The fraction of sp³-hybridized carbons (Fsp3) is 0.431. The Morgan fingerprint density at radius 3 is 1.81 bits per heavy atom. The van der Waals surface area contributed by atoms with Crippen molar-refractivity contribution in [1.82, 2.24) is 9.47 Å². The van der Waals surface area contributed by atoms with E-state index in [-0.39, 0.29) is 34.3 Å². The molecule has 2 heterocycles. The molecule has 1 saturated heterocycles. The first-order valence-electron chi connectivity index (χ1n) is 24.6. The minimum Gasteiger partial charge on any atom is -0.497 e. The molecule has 11 heteroatoms. The average molecular weight is 966 g/mol. The smallest absolute Gasteiger partial charge is 0.155 e. The summed E-state index contributed by atoms with van der Waals surface area (Å²) < 4.78 is 41.3. The van der Waals surface area contributed by atoms with Gasteiger partial charge in [0.1, 0.15) is 43.5 Å². The van der Waals surface area contributed by atoms with Gasteiger partial charge in [-0.3, -0.25) is 4.90 Å². The predicted octanol–water partition coefficient (Wildman–Crippen LogP) is 13.6. The molecule has 364 valence electrons. The van der Waals surface area contributed by atoms with Gasteiger partial charge >= 0.3 is 0 Å². The molecule has 6 aromatic rings. The predicted molar refractivity (Wildman–Crippen MR) is 285 cm³/mol. The Morgan fingerprint density at radius 1 is 0.710 bits per heavy atom. The Hall–Kier alpha value is -5.00. The number of nitrogens with zero attached hydrogens (tertiary/aromatic N) is 3. The van der Waals surface area contributed by atoms with Gasteiger partial charge in [0, 0.05) is 34.8 Å². The third-order valence-electron chi connectivity index (χ3n) is 14.3. The Bertz CT molecular complexity index is 2640. The molecule has 1 aliphatic heterocycles. The van der Waals surface area contributed by atoms with Crippen LogP contribution in [0.2, 0.25) is 16.6 Å². The van der Waals surface area contributed by atoms with Gasteiger partial charge < -0.3 is 32.6 Å². The van der Waals surface area contributed by atoms with Crippen molar-refractivity contribution in [3.63, 3.8) is 0 Å². The van der Waals surface area contributed by atoms with Gasteiger partial charge in [-0.25, -0.2) is 0 Å². The van der Waals surface area contributed by atoms with Crippen molar-refractivity contribution in [3.8, 4) is 29.0 Å². The van der Waals surface area contributed by atoms with Crippen LogP contribution in [0.4, 0.5) is 0 Å². The van der Waals surface area contributed by atoms with E-state index in [2.05, 4.69) is 175 Å². The van der Waals surface area contributed by atoms with E-state index in [0.29, 0.717) is 23.0 Å². The Morgan fingerprint density at radius 2 is 1.26 bits per heavy atom. The van der Waals surface area contributed by atoms with Gasteiger partial charge in [-0.05, 0) is 110 Å². The first kappa shape index (κ1) is 51.8. The van der Waals surface area contributed by atoms with Crippen molar-refractivity contribution in [2.45, 2.75) is 134 Å². The zero-order chi connectivity index (χ0) is 49.5. The second-order valence-electron chi connectivity index (χ2n) is 19.8. The standard InChI is InChI=1S/C58H72N3O6PSi/c1-39(2)60(40(3)4)48(36-59)37-65-68-67-55-35-57(61-53-21-17-16-20-51(53)52-34-44(22-31-54(52)61)32-33-69(41(5)6,42(7)8)43(9)10)66-56(55)38-64-58(45-18-14-13-15-19-45,46-23-27-49(62-11)28-24-46)47-25-29-50(63-12)30-26-47/h13-31,34,39-43,48,55-57,68H,35,37-38H2,1-12H3/t48?,55-,56+,57-/m0/s1. The molecule has 0 aliphatic carbocycles. The summed E-state index contributed by atoms with van der Waals surface area (Å²) in [5.41, 5.74) is 10.5. The fourth-order valence-corrected chi connectivity index (χ4v) is 17.0. The lowest BCUT2D eigenvalue weighted by Gasteiger charge is -2.38. The number of hydrogen-bond donors (Lipinski definition) is 0. The van der Waals surface area contributed by atoms with Gasteiger partial charge in [0.2, 0.25) is 0 Å². The summed E-state index contributed by atoms with van der Waals surface area (Å²) in [6, 6.07) is 44.1. The minimum atomic E-state index is -1.95. The van der Waals surface area contributed by atoms with Crippen LogP contribution < -0.4 is 9.47 Å². The highest BCUT2D eigenvalue weighted by atomic mass is 31.1. The van der Waals surface area contributed by atoms with E-state index in [1.54, 1.807) is 14.2 Å². The van der Waals surface area contributed by atoms with Crippen LogP contribution in [0.5, 0.6) is 11.5 Å².